The van der Waals surface area contributed by atoms with Crippen LogP contribution in [0.5, 0.6) is 0 Å². The highest BCUT2D eigenvalue weighted by Crippen LogP contribution is 2.40. The molecule has 1 atom stereocenters. The Balaban J connectivity index is 0.00000533. The second kappa shape index (κ2) is 13.7. The molecule has 214 valence electrons. The van der Waals surface area contributed by atoms with Gasteiger partial charge in [0.25, 0.3) is 5.69 Å². The van der Waals surface area contributed by atoms with Crippen molar-refractivity contribution in [3.63, 3.8) is 0 Å². The lowest BCUT2D eigenvalue weighted by molar-refractivity contribution is -0.384. The summed E-state index contributed by atoms with van der Waals surface area (Å²) in [6.45, 7) is 17.0. The van der Waals surface area contributed by atoms with Gasteiger partial charge in [-0.3, -0.25) is 15.0 Å². The van der Waals surface area contributed by atoms with Crippen molar-refractivity contribution in [2.45, 2.75) is 33.6 Å². The number of nitrogens with zero attached hydrogens (tertiary/aromatic N) is 3. The van der Waals surface area contributed by atoms with Gasteiger partial charge in [-0.1, -0.05) is 32.1 Å². The van der Waals surface area contributed by atoms with Crippen LogP contribution in [0.25, 0.3) is 0 Å². The predicted molar refractivity (Wildman–Crippen MR) is 144 cm³/mol. The van der Waals surface area contributed by atoms with Crippen LogP contribution < -0.4 is 17.7 Å². The second-order valence-electron chi connectivity index (χ2n) is 10.6. The quantitative estimate of drug-likeness (QED) is 0.187. The summed E-state index contributed by atoms with van der Waals surface area (Å²) in [5.74, 6) is -2.08. The van der Waals surface area contributed by atoms with E-state index in [-0.39, 0.29) is 41.3 Å². The lowest BCUT2D eigenvalue weighted by Crippen LogP contribution is -3.00. The van der Waals surface area contributed by atoms with Crippen LogP contribution >= 0.6 is 0 Å². The molecule has 1 unspecified atom stereocenters. The number of rotatable bonds is 10. The number of hydrogen-bond donors (Lipinski definition) is 1. The minimum absolute atomic E-state index is 0. The molecule has 0 aromatic heterocycles. The second-order valence-corrected chi connectivity index (χ2v) is 10.6. The van der Waals surface area contributed by atoms with E-state index in [9.17, 15) is 19.7 Å². The largest absolute Gasteiger partial charge is 1.00 e. The fraction of sp³-hybridized carbons (Fsp3) is 0.500. The first-order valence-electron chi connectivity index (χ1n) is 12.7. The number of esters is 2. The van der Waals surface area contributed by atoms with Gasteiger partial charge in [0.2, 0.25) is 0 Å². The van der Waals surface area contributed by atoms with Crippen LogP contribution in [0.2, 0.25) is 0 Å². The highest BCUT2D eigenvalue weighted by molar-refractivity contribution is 5.99. The number of carbonyl (C=O) groups is 2. The van der Waals surface area contributed by atoms with Crippen molar-refractivity contribution < 1.29 is 36.4 Å². The molecule has 0 saturated carbocycles. The van der Waals surface area contributed by atoms with Gasteiger partial charge in [0.05, 0.1) is 35.7 Å². The monoisotopic (exact) mass is 561 g/mol. The Morgan fingerprint density at radius 3 is 2.28 bits per heavy atom. The van der Waals surface area contributed by atoms with E-state index in [1.54, 1.807) is 19.9 Å². The van der Waals surface area contributed by atoms with Crippen LogP contribution in [-0.4, -0.2) is 79.6 Å². The Morgan fingerprint density at radius 2 is 1.72 bits per heavy atom. The molecule has 1 aromatic rings. The molecule has 39 heavy (non-hydrogen) atoms. The minimum atomic E-state index is -0.878. The molecule has 0 aliphatic carbocycles. The third kappa shape index (κ3) is 7.90. The SMILES string of the molecule is C=CCN1CCN(CC(C)(C)COC(=O)C2=C(C)NC(C)=C(C(=O)OC)C2c2cccc([N+](=O)[O-])c2)CC1.[Cl-]. The molecule has 2 aliphatic rings. The summed E-state index contributed by atoms with van der Waals surface area (Å²) in [6.07, 6.45) is 1.92. The highest BCUT2D eigenvalue weighted by Gasteiger charge is 2.39. The Bertz CT molecular complexity index is 1150. The lowest BCUT2D eigenvalue weighted by Gasteiger charge is -2.38. The van der Waals surface area contributed by atoms with Gasteiger partial charge in [-0.05, 0) is 19.4 Å². The smallest absolute Gasteiger partial charge is 0.336 e. The average molecular weight is 562 g/mol. The molecule has 2 heterocycles. The van der Waals surface area contributed by atoms with Crippen molar-refractivity contribution in [1.29, 1.82) is 0 Å². The van der Waals surface area contributed by atoms with Gasteiger partial charge in [0.1, 0.15) is 0 Å². The molecule has 10 nitrogen and oxygen atoms in total. The molecule has 0 spiro atoms. The molecule has 0 amide bonds. The van der Waals surface area contributed by atoms with Gasteiger partial charge in [-0.15, -0.1) is 6.58 Å². The number of dihydropyridines is 1. The topological polar surface area (TPSA) is 114 Å². The van der Waals surface area contributed by atoms with E-state index in [1.807, 2.05) is 6.08 Å². The van der Waals surface area contributed by atoms with Crippen LogP contribution in [0.1, 0.15) is 39.2 Å². The van der Waals surface area contributed by atoms with E-state index in [0.717, 1.165) is 39.3 Å². The summed E-state index contributed by atoms with van der Waals surface area (Å²) >= 11 is 0. The van der Waals surface area contributed by atoms with E-state index in [2.05, 4.69) is 35.5 Å². The van der Waals surface area contributed by atoms with E-state index in [1.165, 1.54) is 25.3 Å². The third-order valence-electron chi connectivity index (χ3n) is 6.90. The van der Waals surface area contributed by atoms with E-state index in [0.29, 0.717) is 17.0 Å². The number of piperazine rings is 1. The summed E-state index contributed by atoms with van der Waals surface area (Å²) < 4.78 is 10.9. The maximum Gasteiger partial charge on any atom is 0.336 e. The van der Waals surface area contributed by atoms with Gasteiger partial charge in [0.15, 0.2) is 0 Å². The summed E-state index contributed by atoms with van der Waals surface area (Å²) in [6, 6.07) is 5.95. The number of hydrogen-bond acceptors (Lipinski definition) is 9. The van der Waals surface area contributed by atoms with Gasteiger partial charge in [0, 0.05) is 68.2 Å². The molecule has 1 N–H and O–H groups in total. The van der Waals surface area contributed by atoms with Crippen LogP contribution in [0, 0.1) is 15.5 Å². The molecule has 1 saturated heterocycles. The molecule has 0 radical (unpaired) electrons. The van der Waals surface area contributed by atoms with E-state index in [4.69, 9.17) is 9.47 Å². The first kappa shape index (κ1) is 32.0. The molecular formula is C28H38ClN4O6-. The first-order valence-corrected chi connectivity index (χ1v) is 12.7. The number of nitrogens with one attached hydrogen (secondary N) is 1. The van der Waals surface area contributed by atoms with Crippen molar-refractivity contribution in [3.8, 4) is 0 Å². The Morgan fingerprint density at radius 1 is 1.13 bits per heavy atom. The standard InChI is InChI=1S/C28H38N4O6.ClH/c1-7-11-30-12-14-31(15-13-30)17-28(4,5)18-38-27(34)24-20(3)29-19(2)23(26(33)37-6)25(24)21-9-8-10-22(16-21)32(35)36;/h7-10,16,25,29H,1,11-15,17-18H2,2-6H3;1H/p-1. The zero-order valence-electron chi connectivity index (χ0n) is 23.3. The highest BCUT2D eigenvalue weighted by atomic mass is 35.5. The van der Waals surface area contributed by atoms with Crippen LogP contribution in [0.3, 0.4) is 0 Å². The number of benzene rings is 1. The lowest BCUT2D eigenvalue weighted by atomic mass is 9.80. The Labute approximate surface area is 236 Å². The van der Waals surface area contributed by atoms with Crippen LogP contribution in [0.4, 0.5) is 5.69 Å². The van der Waals surface area contributed by atoms with Crippen molar-refractivity contribution in [3.05, 3.63) is 75.1 Å². The van der Waals surface area contributed by atoms with Gasteiger partial charge >= 0.3 is 11.9 Å². The zero-order chi connectivity index (χ0) is 28.0. The number of carbonyl (C=O) groups excluding carboxylic acids is 2. The first-order chi connectivity index (χ1) is 18.0. The normalized spacial score (nSPS) is 18.6. The third-order valence-corrected chi connectivity index (χ3v) is 6.90. The number of non-ortho nitro benzene ring substituents is 1. The fourth-order valence-electron chi connectivity index (χ4n) is 5.10. The van der Waals surface area contributed by atoms with Crippen LogP contribution in [0.15, 0.2) is 59.5 Å². The fourth-order valence-corrected chi connectivity index (χ4v) is 5.10. The molecule has 3 rings (SSSR count). The Hall–Kier alpha value is -3.21. The zero-order valence-corrected chi connectivity index (χ0v) is 24.0. The van der Waals surface area contributed by atoms with Crippen LogP contribution in [-0.2, 0) is 19.1 Å². The average Bonchev–Trinajstić information content (AvgIpc) is 2.87. The molecule has 1 fully saturated rings. The molecular weight excluding hydrogens is 524 g/mol. The number of nitro benzene ring substituents is 1. The summed E-state index contributed by atoms with van der Waals surface area (Å²) in [7, 11) is 1.26. The molecule has 0 bridgehead atoms. The van der Waals surface area contributed by atoms with Crippen molar-refractivity contribution >= 4 is 17.6 Å². The summed E-state index contributed by atoms with van der Waals surface area (Å²) in [5.41, 5.74) is 1.45. The van der Waals surface area contributed by atoms with Gasteiger partial charge in [-0.2, -0.15) is 0 Å². The summed E-state index contributed by atoms with van der Waals surface area (Å²) in [4.78, 5) is 42.1. The Kier molecular flexibility index (Phi) is 11.3. The summed E-state index contributed by atoms with van der Waals surface area (Å²) in [5, 5.41) is 14.5. The maximum atomic E-state index is 13.6. The van der Waals surface area contributed by atoms with Gasteiger partial charge < -0.3 is 32.1 Å². The number of methoxy groups -OCH3 is 1. The van der Waals surface area contributed by atoms with E-state index >= 15 is 0 Å². The van der Waals surface area contributed by atoms with E-state index < -0.39 is 22.8 Å². The number of halogens is 1. The predicted octanol–water partition coefficient (Wildman–Crippen LogP) is 0.380. The molecule has 11 heteroatoms. The minimum Gasteiger partial charge on any atom is -1.00 e. The number of nitro groups is 1. The number of allylic oxidation sites excluding steroid dienone is 2. The molecule has 1 aromatic carbocycles. The molecule has 2 aliphatic heterocycles. The van der Waals surface area contributed by atoms with Crippen molar-refractivity contribution in [2.75, 3.05) is 53.0 Å². The van der Waals surface area contributed by atoms with Crippen molar-refractivity contribution in [2.24, 2.45) is 5.41 Å². The van der Waals surface area contributed by atoms with Gasteiger partial charge in [-0.25, -0.2) is 9.59 Å². The van der Waals surface area contributed by atoms with Crippen molar-refractivity contribution in [1.82, 2.24) is 15.1 Å². The maximum absolute atomic E-state index is 13.6. The number of ether oxygens (including phenoxy) is 2.